The third-order valence-corrected chi connectivity index (χ3v) is 2.93. The van der Waals surface area contributed by atoms with E-state index in [0.29, 0.717) is 11.4 Å². The summed E-state index contributed by atoms with van der Waals surface area (Å²) in [4.78, 5) is 19.8. The van der Waals surface area contributed by atoms with Crippen LogP contribution in [-0.4, -0.2) is 21.7 Å². The number of aromatic nitrogens is 2. The average molecular weight is 331 g/mol. The van der Waals surface area contributed by atoms with Gasteiger partial charge in [0.15, 0.2) is 10.8 Å². The molecule has 6 nitrogen and oxygen atoms in total. The topological polar surface area (TPSA) is 87.9 Å². The van der Waals surface area contributed by atoms with Crippen molar-refractivity contribution < 1.29 is 9.53 Å². The summed E-state index contributed by atoms with van der Waals surface area (Å²) in [6, 6.07) is 8.81. The molecule has 7 heteroatoms. The zero-order valence-electron chi connectivity index (χ0n) is 12.9. The molecule has 0 aliphatic rings. The highest BCUT2D eigenvalue weighted by atomic mass is 35.5. The van der Waals surface area contributed by atoms with Crippen molar-refractivity contribution in [3.63, 3.8) is 0 Å². The van der Waals surface area contributed by atoms with Gasteiger partial charge in [0, 0.05) is 11.3 Å². The van der Waals surface area contributed by atoms with Crippen molar-refractivity contribution >= 4 is 23.4 Å². The Morgan fingerprint density at radius 2 is 1.96 bits per heavy atom. The Hall–Kier alpha value is -2.65. The Kier molecular flexibility index (Phi) is 4.82. The van der Waals surface area contributed by atoms with E-state index in [1.165, 1.54) is 6.20 Å². The van der Waals surface area contributed by atoms with E-state index in [0.717, 1.165) is 5.56 Å². The molecule has 0 spiro atoms. The van der Waals surface area contributed by atoms with Crippen LogP contribution in [0.15, 0.2) is 30.5 Å². The maximum atomic E-state index is 11.7. The van der Waals surface area contributed by atoms with Crippen molar-refractivity contribution in [2.24, 2.45) is 0 Å². The van der Waals surface area contributed by atoms with Gasteiger partial charge in [-0.2, -0.15) is 5.26 Å². The SMILES string of the molecule is CC(C)(C)OC(=O)Nc1ccc(-c2cnc(C#N)c(Cl)n2)cc1. The third-order valence-electron chi connectivity index (χ3n) is 2.66. The van der Waals surface area contributed by atoms with Crippen LogP contribution in [-0.2, 0) is 4.74 Å². The summed E-state index contributed by atoms with van der Waals surface area (Å²) >= 11 is 5.87. The van der Waals surface area contributed by atoms with Gasteiger partial charge in [0.2, 0.25) is 0 Å². The van der Waals surface area contributed by atoms with Crippen LogP contribution in [0.3, 0.4) is 0 Å². The number of nitrogens with one attached hydrogen (secondary N) is 1. The highest BCUT2D eigenvalue weighted by Crippen LogP contribution is 2.22. The molecule has 23 heavy (non-hydrogen) atoms. The summed E-state index contributed by atoms with van der Waals surface area (Å²) in [5.74, 6) is 0. The third kappa shape index (κ3) is 4.66. The van der Waals surface area contributed by atoms with Crippen molar-refractivity contribution in [2.75, 3.05) is 5.32 Å². The summed E-state index contributed by atoms with van der Waals surface area (Å²) in [5, 5.41) is 11.5. The van der Waals surface area contributed by atoms with Crippen molar-refractivity contribution in [2.45, 2.75) is 26.4 Å². The molecular formula is C16H15ClN4O2. The number of rotatable bonds is 2. The van der Waals surface area contributed by atoms with Gasteiger partial charge < -0.3 is 4.74 Å². The van der Waals surface area contributed by atoms with Crippen LogP contribution in [0.2, 0.25) is 5.15 Å². The molecule has 0 aliphatic carbocycles. The zero-order chi connectivity index (χ0) is 17.0. The van der Waals surface area contributed by atoms with Crippen LogP contribution >= 0.6 is 11.6 Å². The van der Waals surface area contributed by atoms with E-state index < -0.39 is 11.7 Å². The Morgan fingerprint density at radius 3 is 2.48 bits per heavy atom. The Bertz CT molecular complexity index is 761. The Labute approximate surface area is 139 Å². The molecule has 0 atom stereocenters. The van der Waals surface area contributed by atoms with E-state index in [4.69, 9.17) is 21.6 Å². The van der Waals surface area contributed by atoms with Gasteiger partial charge in [-0.3, -0.25) is 5.32 Å². The summed E-state index contributed by atoms with van der Waals surface area (Å²) < 4.78 is 5.18. The number of hydrogen-bond acceptors (Lipinski definition) is 5. The number of halogens is 1. The molecule has 0 fully saturated rings. The first kappa shape index (κ1) is 16.7. The molecular weight excluding hydrogens is 316 g/mol. The molecule has 1 heterocycles. The molecule has 0 saturated heterocycles. The highest BCUT2D eigenvalue weighted by Gasteiger charge is 2.16. The van der Waals surface area contributed by atoms with Crippen LogP contribution in [0.1, 0.15) is 26.5 Å². The fourth-order valence-corrected chi connectivity index (χ4v) is 1.91. The molecule has 0 aliphatic heterocycles. The monoisotopic (exact) mass is 330 g/mol. The number of amides is 1. The first-order chi connectivity index (χ1) is 10.8. The average Bonchev–Trinajstić information content (AvgIpc) is 2.46. The van der Waals surface area contributed by atoms with Crippen LogP contribution in [0.25, 0.3) is 11.3 Å². The smallest absolute Gasteiger partial charge is 0.412 e. The maximum absolute atomic E-state index is 11.7. The summed E-state index contributed by atoms with van der Waals surface area (Å²) in [6.45, 7) is 5.38. The van der Waals surface area contributed by atoms with Gasteiger partial charge in [-0.05, 0) is 32.9 Å². The normalized spacial score (nSPS) is 10.7. The molecule has 1 N–H and O–H groups in total. The standard InChI is InChI=1S/C16H15ClN4O2/c1-16(2,3)23-15(22)20-11-6-4-10(5-7-11)13-9-19-12(8-18)14(17)21-13/h4-7,9H,1-3H3,(H,20,22). The van der Waals surface area contributed by atoms with Crippen molar-refractivity contribution in [3.8, 4) is 17.3 Å². The predicted octanol–water partition coefficient (Wildman–Crippen LogP) is 4.02. The van der Waals surface area contributed by atoms with Gasteiger partial charge >= 0.3 is 6.09 Å². The van der Waals surface area contributed by atoms with E-state index in [1.54, 1.807) is 45.0 Å². The second-order valence-corrected chi connectivity index (χ2v) is 6.07. The lowest BCUT2D eigenvalue weighted by molar-refractivity contribution is 0.0636. The lowest BCUT2D eigenvalue weighted by atomic mass is 10.1. The Morgan fingerprint density at radius 1 is 1.30 bits per heavy atom. The quantitative estimate of drug-likeness (QED) is 0.898. The minimum atomic E-state index is -0.557. The first-order valence-electron chi connectivity index (χ1n) is 6.81. The Balaban J connectivity index is 2.12. The minimum Gasteiger partial charge on any atom is -0.444 e. The summed E-state index contributed by atoms with van der Waals surface area (Å²) in [6.07, 6.45) is 0.951. The first-order valence-corrected chi connectivity index (χ1v) is 7.19. The number of benzene rings is 1. The number of carbonyl (C=O) groups excluding carboxylic acids is 1. The molecule has 1 aromatic heterocycles. The van der Waals surface area contributed by atoms with Crippen LogP contribution in [0.5, 0.6) is 0 Å². The summed E-state index contributed by atoms with van der Waals surface area (Å²) in [5.41, 5.74) is 1.42. The van der Waals surface area contributed by atoms with Gasteiger partial charge in [-0.1, -0.05) is 23.7 Å². The molecule has 118 valence electrons. The molecule has 0 saturated carbocycles. The zero-order valence-corrected chi connectivity index (χ0v) is 13.7. The van der Waals surface area contributed by atoms with Gasteiger partial charge in [0.05, 0.1) is 11.9 Å². The second kappa shape index (κ2) is 6.63. The number of nitriles is 1. The van der Waals surface area contributed by atoms with Gasteiger partial charge in [0.1, 0.15) is 11.7 Å². The fourth-order valence-electron chi connectivity index (χ4n) is 1.73. The number of ether oxygens (including phenoxy) is 1. The largest absolute Gasteiger partial charge is 0.444 e. The van der Waals surface area contributed by atoms with Crippen LogP contribution in [0, 0.1) is 11.3 Å². The van der Waals surface area contributed by atoms with E-state index in [9.17, 15) is 4.79 Å². The van der Waals surface area contributed by atoms with E-state index in [2.05, 4.69) is 15.3 Å². The molecule has 1 amide bonds. The number of nitrogens with zero attached hydrogens (tertiary/aromatic N) is 3. The van der Waals surface area contributed by atoms with E-state index >= 15 is 0 Å². The predicted molar refractivity (Wildman–Crippen MR) is 87.0 cm³/mol. The second-order valence-electron chi connectivity index (χ2n) is 5.71. The molecule has 0 unspecified atom stereocenters. The van der Waals surface area contributed by atoms with Crippen molar-refractivity contribution in [1.82, 2.24) is 9.97 Å². The highest BCUT2D eigenvalue weighted by molar-refractivity contribution is 6.30. The summed E-state index contributed by atoms with van der Waals surface area (Å²) in [7, 11) is 0. The molecule has 2 aromatic rings. The lowest BCUT2D eigenvalue weighted by Crippen LogP contribution is -2.27. The van der Waals surface area contributed by atoms with Crippen molar-refractivity contribution in [1.29, 1.82) is 5.26 Å². The lowest BCUT2D eigenvalue weighted by Gasteiger charge is -2.19. The molecule has 2 rings (SSSR count). The minimum absolute atomic E-state index is 0.0564. The molecule has 1 aromatic carbocycles. The van der Waals surface area contributed by atoms with Crippen LogP contribution < -0.4 is 5.32 Å². The molecule has 0 bridgehead atoms. The van der Waals surface area contributed by atoms with E-state index in [1.807, 2.05) is 6.07 Å². The van der Waals surface area contributed by atoms with Gasteiger partial charge in [0.25, 0.3) is 0 Å². The van der Waals surface area contributed by atoms with Gasteiger partial charge in [-0.25, -0.2) is 14.8 Å². The molecule has 0 radical (unpaired) electrons. The van der Waals surface area contributed by atoms with Crippen molar-refractivity contribution in [3.05, 3.63) is 41.3 Å². The number of anilines is 1. The van der Waals surface area contributed by atoms with Crippen LogP contribution in [0.4, 0.5) is 10.5 Å². The van der Waals surface area contributed by atoms with Gasteiger partial charge in [-0.15, -0.1) is 0 Å². The number of carbonyl (C=O) groups is 1. The maximum Gasteiger partial charge on any atom is 0.412 e. The van der Waals surface area contributed by atoms with E-state index in [-0.39, 0.29) is 10.8 Å². The number of hydrogen-bond donors (Lipinski definition) is 1. The fraction of sp³-hybridized carbons (Fsp3) is 0.250.